The molecule has 1 amide bonds. The molecule has 0 aliphatic carbocycles. The summed E-state index contributed by atoms with van der Waals surface area (Å²) in [5.74, 6) is -1.88. The van der Waals surface area contributed by atoms with E-state index in [4.69, 9.17) is 0 Å². The van der Waals surface area contributed by atoms with Gasteiger partial charge in [0.25, 0.3) is 0 Å². The second-order valence-electron chi connectivity index (χ2n) is 6.18. The maximum atomic E-state index is 13.9. The van der Waals surface area contributed by atoms with E-state index in [1.807, 2.05) is 0 Å². The van der Waals surface area contributed by atoms with Crippen LogP contribution in [0.3, 0.4) is 0 Å². The highest BCUT2D eigenvalue weighted by molar-refractivity contribution is 9.10. The molecule has 1 N–H and O–H groups in total. The number of sulfonamides is 1. The fraction of sp³-hybridized carbons (Fsp3) is 0.294. The van der Waals surface area contributed by atoms with E-state index in [0.717, 1.165) is 34.8 Å². The van der Waals surface area contributed by atoms with Crippen LogP contribution in [0, 0.1) is 11.6 Å². The largest absolute Gasteiger partial charge is 0.349 e. The van der Waals surface area contributed by atoms with Crippen molar-refractivity contribution in [3.63, 3.8) is 0 Å². The zero-order valence-corrected chi connectivity index (χ0v) is 16.7. The first-order valence-corrected chi connectivity index (χ1v) is 10.4. The molecular weight excluding hydrogens is 463 g/mol. The Bertz CT molecular complexity index is 989. The van der Waals surface area contributed by atoms with Crippen LogP contribution in [0.1, 0.15) is 12.1 Å². The van der Waals surface area contributed by atoms with Gasteiger partial charge >= 0.3 is 0 Å². The van der Waals surface area contributed by atoms with Crippen LogP contribution in [-0.2, 0) is 21.4 Å². The smallest absolute Gasteiger partial charge is 0.243 e. The van der Waals surface area contributed by atoms with Crippen molar-refractivity contribution in [2.45, 2.75) is 30.1 Å². The van der Waals surface area contributed by atoms with Crippen LogP contribution >= 0.6 is 15.9 Å². The van der Waals surface area contributed by atoms with Gasteiger partial charge in [-0.15, -0.1) is 0 Å². The van der Waals surface area contributed by atoms with Gasteiger partial charge in [-0.25, -0.2) is 21.6 Å². The van der Waals surface area contributed by atoms with Crippen molar-refractivity contribution in [3.8, 4) is 0 Å². The van der Waals surface area contributed by atoms with E-state index in [2.05, 4.69) is 26.2 Å². The van der Waals surface area contributed by atoms with Crippen LogP contribution in [-0.4, -0.2) is 42.4 Å². The molecule has 11 heteroatoms. The summed E-state index contributed by atoms with van der Waals surface area (Å²) in [4.78, 5) is 16.1. The van der Waals surface area contributed by atoms with E-state index < -0.39 is 46.3 Å². The number of alkyl halides is 1. The number of nitrogens with zero attached hydrogens (tertiary/aromatic N) is 2. The zero-order chi connectivity index (χ0) is 20.5. The zero-order valence-electron chi connectivity index (χ0n) is 14.3. The normalized spacial score (nSPS) is 20.3. The lowest BCUT2D eigenvalue weighted by atomic mass is 10.2. The molecule has 1 aliphatic rings. The highest BCUT2D eigenvalue weighted by atomic mass is 79.9. The quantitative estimate of drug-likeness (QED) is 0.717. The molecule has 0 saturated carbocycles. The highest BCUT2D eigenvalue weighted by Crippen LogP contribution is 2.28. The number of amides is 1. The summed E-state index contributed by atoms with van der Waals surface area (Å²) in [5.41, 5.74) is 0.337. The topological polar surface area (TPSA) is 79.4 Å². The average Bonchev–Trinajstić information content (AvgIpc) is 3.05. The molecule has 1 aromatic heterocycles. The third-order valence-corrected chi connectivity index (χ3v) is 6.73. The molecule has 6 nitrogen and oxygen atoms in total. The van der Waals surface area contributed by atoms with E-state index >= 15 is 0 Å². The summed E-state index contributed by atoms with van der Waals surface area (Å²) in [7, 11) is -4.18. The van der Waals surface area contributed by atoms with Gasteiger partial charge in [-0.2, -0.15) is 4.31 Å². The number of aromatic nitrogens is 1. The molecule has 1 saturated heterocycles. The first-order valence-electron chi connectivity index (χ1n) is 8.17. The molecule has 1 aromatic carbocycles. The minimum atomic E-state index is -4.18. The predicted molar refractivity (Wildman–Crippen MR) is 97.3 cm³/mol. The Labute approximate surface area is 167 Å². The molecular formula is C17H15BrF3N3O3S. The maximum absolute atomic E-state index is 13.9. The molecule has 1 fully saturated rings. The van der Waals surface area contributed by atoms with E-state index in [9.17, 15) is 26.4 Å². The number of carbonyl (C=O) groups is 1. The second kappa shape index (κ2) is 8.18. The second-order valence-corrected chi connectivity index (χ2v) is 8.93. The number of rotatable bonds is 5. The minimum Gasteiger partial charge on any atom is -0.349 e. The van der Waals surface area contributed by atoms with Crippen molar-refractivity contribution in [1.29, 1.82) is 0 Å². The SMILES string of the molecule is O=C(NCc1cc(Br)c(F)cn1)[C@@H]1C[C@@H](F)CN1S(=O)(=O)c1ccc(F)cc1. The van der Waals surface area contributed by atoms with Gasteiger partial charge in [0.15, 0.2) is 5.82 Å². The van der Waals surface area contributed by atoms with Gasteiger partial charge in [-0.3, -0.25) is 9.78 Å². The summed E-state index contributed by atoms with van der Waals surface area (Å²) < 4.78 is 66.7. The van der Waals surface area contributed by atoms with Gasteiger partial charge < -0.3 is 5.32 Å². The number of halogens is 4. The Morgan fingerprint density at radius 1 is 1.29 bits per heavy atom. The predicted octanol–water partition coefficient (Wildman–Crippen LogP) is 2.54. The molecule has 2 atom stereocenters. The number of pyridine rings is 1. The first-order chi connectivity index (χ1) is 13.2. The van der Waals surface area contributed by atoms with Crippen LogP contribution in [0.4, 0.5) is 13.2 Å². The summed E-state index contributed by atoms with van der Waals surface area (Å²) >= 11 is 3.00. The van der Waals surface area contributed by atoms with Crippen molar-refractivity contribution in [2.75, 3.05) is 6.54 Å². The minimum absolute atomic E-state index is 0.0877. The van der Waals surface area contributed by atoms with Crippen molar-refractivity contribution < 1.29 is 26.4 Å². The lowest BCUT2D eigenvalue weighted by Crippen LogP contribution is -2.45. The van der Waals surface area contributed by atoms with E-state index in [0.29, 0.717) is 5.69 Å². The molecule has 0 spiro atoms. The van der Waals surface area contributed by atoms with Gasteiger partial charge in [-0.1, -0.05) is 0 Å². The van der Waals surface area contributed by atoms with Crippen LogP contribution < -0.4 is 5.32 Å². The molecule has 0 unspecified atom stereocenters. The molecule has 2 heterocycles. The lowest BCUT2D eigenvalue weighted by Gasteiger charge is -2.23. The summed E-state index contributed by atoms with van der Waals surface area (Å²) in [6.07, 6.45) is -0.833. The van der Waals surface area contributed by atoms with Crippen molar-refractivity contribution in [1.82, 2.24) is 14.6 Å². The van der Waals surface area contributed by atoms with Crippen molar-refractivity contribution in [3.05, 3.63) is 58.3 Å². The Kier molecular flexibility index (Phi) is 6.06. The Morgan fingerprint density at radius 2 is 1.96 bits per heavy atom. The maximum Gasteiger partial charge on any atom is 0.243 e. The standard InChI is InChI=1S/C17H15BrF3N3O3S/c18-14-6-12(22-8-15(14)21)7-23-17(25)16-5-11(20)9-24(16)28(26,27)13-3-1-10(19)2-4-13/h1-4,6,8,11,16H,5,7,9H2,(H,23,25)/t11-,16+/m1/s1. The van der Waals surface area contributed by atoms with Gasteiger partial charge in [0.05, 0.1) is 27.8 Å². The average molecular weight is 478 g/mol. The molecule has 2 aromatic rings. The molecule has 0 radical (unpaired) electrons. The van der Waals surface area contributed by atoms with Gasteiger partial charge in [0.2, 0.25) is 15.9 Å². The third kappa shape index (κ3) is 4.36. The van der Waals surface area contributed by atoms with Crippen LogP contribution in [0.25, 0.3) is 0 Å². The Morgan fingerprint density at radius 3 is 2.61 bits per heavy atom. The summed E-state index contributed by atoms with van der Waals surface area (Å²) in [6.45, 7) is -0.562. The van der Waals surface area contributed by atoms with Crippen molar-refractivity contribution >= 4 is 31.9 Å². The fourth-order valence-corrected chi connectivity index (χ4v) is 4.84. The summed E-state index contributed by atoms with van der Waals surface area (Å²) in [5, 5.41) is 2.49. The molecule has 150 valence electrons. The Hall–Kier alpha value is -1.98. The third-order valence-electron chi connectivity index (χ3n) is 4.24. The van der Waals surface area contributed by atoms with E-state index in [1.54, 1.807) is 0 Å². The molecule has 1 aliphatic heterocycles. The van der Waals surface area contributed by atoms with Crippen LogP contribution in [0.15, 0.2) is 45.9 Å². The fourth-order valence-electron chi connectivity index (χ4n) is 2.85. The number of hydrogen-bond acceptors (Lipinski definition) is 4. The summed E-state index contributed by atoms with van der Waals surface area (Å²) in [6, 6.07) is 4.19. The number of benzene rings is 1. The van der Waals surface area contributed by atoms with E-state index in [1.165, 1.54) is 6.07 Å². The lowest BCUT2D eigenvalue weighted by molar-refractivity contribution is -0.124. The van der Waals surface area contributed by atoms with Crippen LogP contribution in [0.2, 0.25) is 0 Å². The monoisotopic (exact) mass is 477 g/mol. The first kappa shape index (κ1) is 20.7. The van der Waals surface area contributed by atoms with Gasteiger partial charge in [-0.05, 0) is 46.3 Å². The molecule has 28 heavy (non-hydrogen) atoms. The van der Waals surface area contributed by atoms with Gasteiger partial charge in [0.1, 0.15) is 18.0 Å². The van der Waals surface area contributed by atoms with Crippen LogP contribution in [0.5, 0.6) is 0 Å². The van der Waals surface area contributed by atoms with E-state index in [-0.39, 0.29) is 22.3 Å². The number of hydrogen-bond donors (Lipinski definition) is 1. The number of carbonyl (C=O) groups excluding carboxylic acids is 1. The molecule has 0 bridgehead atoms. The number of nitrogens with one attached hydrogen (secondary N) is 1. The Balaban J connectivity index is 1.76. The van der Waals surface area contributed by atoms with Gasteiger partial charge in [0, 0.05) is 13.0 Å². The van der Waals surface area contributed by atoms with Crippen molar-refractivity contribution in [2.24, 2.45) is 0 Å². The molecule has 3 rings (SSSR count). The highest BCUT2D eigenvalue weighted by Gasteiger charge is 2.44.